The van der Waals surface area contributed by atoms with E-state index < -0.39 is 0 Å². The van der Waals surface area contributed by atoms with Crippen LogP contribution in [0, 0.1) is 5.92 Å². The van der Waals surface area contributed by atoms with Gasteiger partial charge < -0.3 is 15.3 Å². The van der Waals surface area contributed by atoms with Crippen molar-refractivity contribution in [1.82, 2.24) is 15.1 Å². The third kappa shape index (κ3) is 5.20. The third-order valence-electron chi connectivity index (χ3n) is 5.53. The molecule has 2 atom stereocenters. The van der Waals surface area contributed by atoms with E-state index in [9.17, 15) is 9.90 Å². The number of halogens is 2. The number of carbonyl (C=O) groups excluding carboxylic acids is 1. The van der Waals surface area contributed by atoms with Gasteiger partial charge in [-0.05, 0) is 38.0 Å². The number of piperazine rings is 1. The number of carbonyl (C=O) groups is 1. The maximum absolute atomic E-state index is 12.4. The molecule has 2 unspecified atom stereocenters. The van der Waals surface area contributed by atoms with Crippen LogP contribution in [0.4, 0.5) is 0 Å². The number of nitrogens with zero attached hydrogens (tertiary/aromatic N) is 2. The fourth-order valence-corrected chi connectivity index (χ4v) is 4.04. The first kappa shape index (κ1) is 21.0. The number of nitrogens with one attached hydrogen (secondary N) is 1. The van der Waals surface area contributed by atoms with Crippen LogP contribution in [-0.4, -0.2) is 71.7 Å². The Bertz CT molecular complexity index is 370. The minimum absolute atomic E-state index is 0. The lowest BCUT2D eigenvalue weighted by molar-refractivity contribution is -0.135. The number of rotatable bonds is 2. The van der Waals surface area contributed by atoms with Crippen LogP contribution in [0.2, 0.25) is 0 Å². The van der Waals surface area contributed by atoms with E-state index in [0.717, 1.165) is 38.1 Å². The Labute approximate surface area is 152 Å². The van der Waals surface area contributed by atoms with Crippen molar-refractivity contribution >= 4 is 30.7 Å². The van der Waals surface area contributed by atoms with E-state index >= 15 is 0 Å². The van der Waals surface area contributed by atoms with Gasteiger partial charge in [0.2, 0.25) is 5.91 Å². The first-order valence-electron chi connectivity index (χ1n) is 8.58. The molecular formula is C16H31Cl2N3O2. The highest BCUT2D eigenvalue weighted by atomic mass is 35.5. The first-order valence-corrected chi connectivity index (χ1v) is 8.58. The standard InChI is InChI=1S/C16H29N3O2.2ClH/c1-12-2-4-13(5-3-12)18-6-8-19(9-7-18)16(21)15-10-14(20)11-17-15;;/h12-15,17,20H,2-11H2,1H3;2*1H. The average Bonchev–Trinajstić information content (AvgIpc) is 2.94. The maximum atomic E-state index is 12.4. The molecule has 0 aromatic heterocycles. The van der Waals surface area contributed by atoms with Crippen LogP contribution in [-0.2, 0) is 4.79 Å². The third-order valence-corrected chi connectivity index (χ3v) is 5.53. The summed E-state index contributed by atoms with van der Waals surface area (Å²) in [6, 6.07) is 0.576. The molecule has 2 N–H and O–H groups in total. The summed E-state index contributed by atoms with van der Waals surface area (Å²) in [5, 5.41) is 12.7. The lowest BCUT2D eigenvalue weighted by Crippen LogP contribution is -2.55. The Morgan fingerprint density at radius 1 is 1.04 bits per heavy atom. The molecule has 3 aliphatic rings. The molecule has 5 nitrogen and oxygen atoms in total. The Hall–Kier alpha value is -0.0700. The highest BCUT2D eigenvalue weighted by Crippen LogP contribution is 2.27. The van der Waals surface area contributed by atoms with Gasteiger partial charge in [0.1, 0.15) is 0 Å². The summed E-state index contributed by atoms with van der Waals surface area (Å²) in [5.74, 6) is 1.08. The SMILES string of the molecule is CC1CCC(N2CCN(C(=O)C3CC(O)CN3)CC2)CC1.Cl.Cl. The minimum Gasteiger partial charge on any atom is -0.392 e. The molecule has 2 saturated heterocycles. The monoisotopic (exact) mass is 367 g/mol. The second kappa shape index (κ2) is 9.42. The van der Waals surface area contributed by atoms with Crippen LogP contribution >= 0.6 is 24.8 Å². The van der Waals surface area contributed by atoms with Gasteiger partial charge in [0.05, 0.1) is 12.1 Å². The average molecular weight is 368 g/mol. The van der Waals surface area contributed by atoms with Gasteiger partial charge in [0.15, 0.2) is 0 Å². The minimum atomic E-state index is -0.357. The Balaban J connectivity index is 0.00000132. The smallest absolute Gasteiger partial charge is 0.239 e. The Morgan fingerprint density at radius 3 is 2.17 bits per heavy atom. The van der Waals surface area contributed by atoms with Crippen molar-refractivity contribution in [3.63, 3.8) is 0 Å². The molecule has 7 heteroatoms. The summed E-state index contributed by atoms with van der Waals surface area (Å²) >= 11 is 0. The maximum Gasteiger partial charge on any atom is 0.239 e. The van der Waals surface area contributed by atoms with E-state index in [1.807, 2.05) is 4.90 Å². The molecule has 2 aliphatic heterocycles. The zero-order valence-electron chi connectivity index (χ0n) is 13.9. The summed E-state index contributed by atoms with van der Waals surface area (Å²) in [4.78, 5) is 17.0. The second-order valence-corrected chi connectivity index (χ2v) is 7.13. The zero-order chi connectivity index (χ0) is 14.8. The second-order valence-electron chi connectivity index (χ2n) is 7.13. The quantitative estimate of drug-likeness (QED) is 0.771. The Morgan fingerprint density at radius 2 is 1.65 bits per heavy atom. The summed E-state index contributed by atoms with van der Waals surface area (Å²) in [6.45, 7) is 6.63. The predicted octanol–water partition coefficient (Wildman–Crippen LogP) is 1.28. The predicted molar refractivity (Wildman–Crippen MR) is 96.5 cm³/mol. The summed E-state index contributed by atoms with van der Waals surface area (Å²) in [6.07, 6.45) is 5.57. The number of hydrogen-bond donors (Lipinski definition) is 2. The highest BCUT2D eigenvalue weighted by molar-refractivity contribution is 5.85. The fraction of sp³-hybridized carbons (Fsp3) is 0.938. The largest absolute Gasteiger partial charge is 0.392 e. The van der Waals surface area contributed by atoms with E-state index in [2.05, 4.69) is 17.1 Å². The van der Waals surface area contributed by atoms with Crippen LogP contribution in [0.5, 0.6) is 0 Å². The van der Waals surface area contributed by atoms with Crippen molar-refractivity contribution in [1.29, 1.82) is 0 Å². The van der Waals surface area contributed by atoms with E-state index in [-0.39, 0.29) is 42.9 Å². The van der Waals surface area contributed by atoms with Gasteiger partial charge in [-0.2, -0.15) is 0 Å². The van der Waals surface area contributed by atoms with Gasteiger partial charge in [0, 0.05) is 38.8 Å². The Kier molecular flexibility index (Phi) is 8.59. The van der Waals surface area contributed by atoms with Crippen molar-refractivity contribution in [2.45, 2.75) is 57.2 Å². The molecule has 136 valence electrons. The molecule has 0 aromatic rings. The van der Waals surface area contributed by atoms with E-state index in [1.54, 1.807) is 0 Å². The molecular weight excluding hydrogens is 337 g/mol. The van der Waals surface area contributed by atoms with Gasteiger partial charge in [-0.25, -0.2) is 0 Å². The van der Waals surface area contributed by atoms with Gasteiger partial charge >= 0.3 is 0 Å². The molecule has 0 spiro atoms. The number of β-amino-alcohol motifs (C(OH)–C–C–N with tert-alkyl or cyclic N) is 1. The topological polar surface area (TPSA) is 55.8 Å². The van der Waals surface area contributed by atoms with Gasteiger partial charge in [0.25, 0.3) is 0 Å². The molecule has 1 saturated carbocycles. The molecule has 0 bridgehead atoms. The van der Waals surface area contributed by atoms with Gasteiger partial charge in [-0.15, -0.1) is 24.8 Å². The van der Waals surface area contributed by atoms with Crippen molar-refractivity contribution in [3.8, 4) is 0 Å². The van der Waals surface area contributed by atoms with Gasteiger partial charge in [-0.1, -0.05) is 6.92 Å². The lowest BCUT2D eigenvalue weighted by Gasteiger charge is -2.42. The summed E-state index contributed by atoms with van der Waals surface area (Å²) in [7, 11) is 0. The molecule has 1 aliphatic carbocycles. The fourth-order valence-electron chi connectivity index (χ4n) is 4.04. The van der Waals surface area contributed by atoms with Crippen LogP contribution in [0.15, 0.2) is 0 Å². The van der Waals surface area contributed by atoms with Gasteiger partial charge in [-0.3, -0.25) is 9.69 Å². The van der Waals surface area contributed by atoms with Crippen molar-refractivity contribution in [2.75, 3.05) is 32.7 Å². The number of aliphatic hydroxyl groups excluding tert-OH is 1. The number of aliphatic hydroxyl groups is 1. The van der Waals surface area contributed by atoms with Crippen molar-refractivity contribution in [2.24, 2.45) is 5.92 Å². The van der Waals surface area contributed by atoms with Crippen LogP contribution in [0.3, 0.4) is 0 Å². The summed E-state index contributed by atoms with van der Waals surface area (Å²) < 4.78 is 0. The number of hydrogen-bond acceptors (Lipinski definition) is 4. The van der Waals surface area contributed by atoms with E-state index in [1.165, 1.54) is 25.7 Å². The molecule has 0 aromatic carbocycles. The highest BCUT2D eigenvalue weighted by Gasteiger charge is 2.34. The molecule has 1 amide bonds. The molecule has 2 heterocycles. The summed E-state index contributed by atoms with van der Waals surface area (Å²) in [5.41, 5.74) is 0. The van der Waals surface area contributed by atoms with Crippen LogP contribution in [0.25, 0.3) is 0 Å². The van der Waals surface area contributed by atoms with E-state index in [4.69, 9.17) is 0 Å². The number of amides is 1. The van der Waals surface area contributed by atoms with Crippen molar-refractivity contribution in [3.05, 3.63) is 0 Å². The zero-order valence-corrected chi connectivity index (χ0v) is 15.6. The van der Waals surface area contributed by atoms with Crippen LogP contribution < -0.4 is 5.32 Å². The normalized spacial score (nSPS) is 35.3. The van der Waals surface area contributed by atoms with E-state index in [0.29, 0.717) is 13.0 Å². The van der Waals surface area contributed by atoms with Crippen LogP contribution in [0.1, 0.15) is 39.0 Å². The lowest BCUT2D eigenvalue weighted by atomic mass is 9.86. The van der Waals surface area contributed by atoms with Crippen molar-refractivity contribution < 1.29 is 9.90 Å². The molecule has 3 fully saturated rings. The molecule has 23 heavy (non-hydrogen) atoms. The molecule has 3 rings (SSSR count). The molecule has 0 radical (unpaired) electrons. The first-order chi connectivity index (χ1) is 10.1.